The number of benzene rings is 2. The number of halogens is 1. The maximum atomic E-state index is 12.3. The van der Waals surface area contributed by atoms with Gasteiger partial charge in [0, 0.05) is 25.7 Å². The maximum absolute atomic E-state index is 12.3. The molecule has 2 rings (SSSR count). The van der Waals surface area contributed by atoms with Gasteiger partial charge >= 0.3 is 0 Å². The fraction of sp³-hybridized carbons (Fsp3) is 0.118. The second-order valence-corrected chi connectivity index (χ2v) is 8.04. The second kappa shape index (κ2) is 7.77. The predicted molar refractivity (Wildman–Crippen MR) is 98.8 cm³/mol. The van der Waals surface area contributed by atoms with Gasteiger partial charge in [-0.2, -0.15) is 0 Å². The topological polar surface area (TPSA) is 97.6 Å². The third-order valence-corrected chi connectivity index (χ3v) is 5.62. The summed E-state index contributed by atoms with van der Waals surface area (Å²) in [7, 11) is -0.853. The van der Waals surface area contributed by atoms with Gasteiger partial charge in [-0.1, -0.05) is 35.9 Å². The largest absolute Gasteiger partial charge is 0.289 e. The Kier molecular flexibility index (Phi) is 5.91. The van der Waals surface area contributed by atoms with Crippen LogP contribution >= 0.6 is 11.6 Å². The number of nitro groups is 1. The Labute approximate surface area is 155 Å². The molecule has 0 bridgehead atoms. The molecule has 9 heteroatoms. The zero-order valence-corrected chi connectivity index (χ0v) is 15.5. The van der Waals surface area contributed by atoms with Crippen molar-refractivity contribution in [3.05, 3.63) is 74.8 Å². The van der Waals surface area contributed by atoms with Gasteiger partial charge in [0.1, 0.15) is 5.02 Å². The third-order valence-electron chi connectivity index (χ3n) is 3.49. The summed E-state index contributed by atoms with van der Waals surface area (Å²) in [6.07, 6.45) is 2.62. The molecule has 0 amide bonds. The normalized spacial score (nSPS) is 11.8. The van der Waals surface area contributed by atoms with E-state index in [4.69, 9.17) is 11.6 Å². The van der Waals surface area contributed by atoms with E-state index in [-0.39, 0.29) is 21.2 Å². The molecular weight excluding hydrogens is 380 g/mol. The zero-order valence-electron chi connectivity index (χ0n) is 13.9. The van der Waals surface area contributed by atoms with Crippen molar-refractivity contribution in [2.45, 2.75) is 4.90 Å². The molecule has 0 aliphatic heterocycles. The van der Waals surface area contributed by atoms with Crippen molar-refractivity contribution in [1.29, 1.82) is 0 Å². The van der Waals surface area contributed by atoms with Gasteiger partial charge in [0.2, 0.25) is 10.0 Å². The lowest BCUT2D eigenvalue weighted by molar-refractivity contribution is -0.384. The van der Waals surface area contributed by atoms with Crippen LogP contribution in [-0.4, -0.2) is 37.5 Å². The van der Waals surface area contributed by atoms with E-state index in [0.717, 1.165) is 4.31 Å². The first-order valence-electron chi connectivity index (χ1n) is 7.32. The van der Waals surface area contributed by atoms with Crippen molar-refractivity contribution in [2.75, 3.05) is 14.1 Å². The monoisotopic (exact) mass is 394 g/mol. The van der Waals surface area contributed by atoms with E-state index >= 15 is 0 Å². The van der Waals surface area contributed by atoms with E-state index in [1.54, 1.807) is 0 Å². The molecular formula is C17H15ClN2O5S. The van der Waals surface area contributed by atoms with Gasteiger partial charge in [0.25, 0.3) is 5.69 Å². The highest BCUT2D eigenvalue weighted by molar-refractivity contribution is 7.89. The summed E-state index contributed by atoms with van der Waals surface area (Å²) in [4.78, 5) is 22.6. The quantitative estimate of drug-likeness (QED) is 0.323. The number of hydrogen-bond acceptors (Lipinski definition) is 5. The molecule has 7 nitrogen and oxygen atoms in total. The number of sulfonamides is 1. The highest BCUT2D eigenvalue weighted by atomic mass is 35.5. The number of allylic oxidation sites excluding steroid dienone is 1. The SMILES string of the molecule is CN(C)S(=O)(=O)c1cccc(C(=O)/C=C/c2ccc(Cl)c([N+](=O)[O-])c2)c1. The van der Waals surface area contributed by atoms with Crippen LogP contribution in [0.15, 0.2) is 53.4 Å². The molecule has 0 unspecified atom stereocenters. The molecule has 0 radical (unpaired) electrons. The Morgan fingerprint density at radius 1 is 1.19 bits per heavy atom. The fourth-order valence-corrected chi connectivity index (χ4v) is 3.20. The van der Waals surface area contributed by atoms with Crippen molar-refractivity contribution in [3.8, 4) is 0 Å². The maximum Gasteiger partial charge on any atom is 0.288 e. The summed E-state index contributed by atoms with van der Waals surface area (Å²) in [6, 6.07) is 9.81. The zero-order chi connectivity index (χ0) is 19.5. The molecule has 26 heavy (non-hydrogen) atoms. The minimum absolute atomic E-state index is 0.0000646. The van der Waals surface area contributed by atoms with Crippen LogP contribution in [0.4, 0.5) is 5.69 Å². The lowest BCUT2D eigenvalue weighted by atomic mass is 10.1. The first kappa shape index (κ1) is 19.8. The lowest BCUT2D eigenvalue weighted by Gasteiger charge is -2.11. The van der Waals surface area contributed by atoms with Crippen LogP contribution in [0.1, 0.15) is 15.9 Å². The second-order valence-electron chi connectivity index (χ2n) is 5.48. The third kappa shape index (κ3) is 4.34. The Morgan fingerprint density at radius 2 is 1.88 bits per heavy atom. The Balaban J connectivity index is 2.30. The molecule has 0 heterocycles. The van der Waals surface area contributed by atoms with E-state index in [0.29, 0.717) is 5.56 Å². The predicted octanol–water partition coefficient (Wildman–Crippen LogP) is 3.39. The van der Waals surface area contributed by atoms with Crippen molar-refractivity contribution < 1.29 is 18.1 Å². The van der Waals surface area contributed by atoms with Crippen LogP contribution < -0.4 is 0 Å². The minimum Gasteiger partial charge on any atom is -0.289 e. The minimum atomic E-state index is -3.65. The molecule has 0 fully saturated rings. The summed E-state index contributed by atoms with van der Waals surface area (Å²) < 4.78 is 25.3. The fourth-order valence-electron chi connectivity index (χ4n) is 2.06. The molecule has 0 aromatic heterocycles. The highest BCUT2D eigenvalue weighted by Gasteiger charge is 2.18. The number of nitrogens with zero attached hydrogens (tertiary/aromatic N) is 2. The van der Waals surface area contributed by atoms with Crippen molar-refractivity contribution >= 4 is 39.2 Å². The summed E-state index contributed by atoms with van der Waals surface area (Å²) in [6.45, 7) is 0. The van der Waals surface area contributed by atoms with Crippen molar-refractivity contribution in [3.63, 3.8) is 0 Å². The van der Waals surface area contributed by atoms with E-state index in [1.807, 2.05) is 0 Å². The number of carbonyl (C=O) groups is 1. The average Bonchev–Trinajstić information content (AvgIpc) is 2.60. The number of nitro benzene ring substituents is 1. The number of carbonyl (C=O) groups excluding carboxylic acids is 1. The molecule has 2 aromatic rings. The highest BCUT2D eigenvalue weighted by Crippen LogP contribution is 2.25. The van der Waals surface area contributed by atoms with Crippen LogP contribution in [0.25, 0.3) is 6.08 Å². The summed E-state index contributed by atoms with van der Waals surface area (Å²) in [5, 5.41) is 10.9. The van der Waals surface area contributed by atoms with Crippen molar-refractivity contribution in [1.82, 2.24) is 4.31 Å². The molecule has 0 N–H and O–H groups in total. The van der Waals surface area contributed by atoms with Crippen LogP contribution in [0.3, 0.4) is 0 Å². The molecule has 0 saturated heterocycles. The van der Waals surface area contributed by atoms with Gasteiger partial charge in [0.15, 0.2) is 5.78 Å². The lowest BCUT2D eigenvalue weighted by Crippen LogP contribution is -2.22. The standard InChI is InChI=1S/C17H15ClN2O5S/c1-19(2)26(24,25)14-5-3-4-13(11-14)17(21)9-7-12-6-8-15(18)16(10-12)20(22)23/h3-11H,1-2H3/b9-7+. The van der Waals surface area contributed by atoms with Crippen LogP contribution in [0.5, 0.6) is 0 Å². The molecule has 2 aromatic carbocycles. The number of hydrogen-bond donors (Lipinski definition) is 0. The van der Waals surface area contributed by atoms with Crippen LogP contribution in [0, 0.1) is 10.1 Å². The van der Waals surface area contributed by atoms with Gasteiger partial charge in [-0.15, -0.1) is 0 Å². The Bertz CT molecular complexity index is 1000. The first-order chi connectivity index (χ1) is 12.1. The van der Waals surface area contributed by atoms with Gasteiger partial charge in [-0.3, -0.25) is 14.9 Å². The molecule has 0 aliphatic rings. The van der Waals surface area contributed by atoms with Crippen LogP contribution in [-0.2, 0) is 10.0 Å². The van der Waals surface area contributed by atoms with Gasteiger partial charge in [-0.25, -0.2) is 12.7 Å². The molecule has 0 spiro atoms. The summed E-state index contributed by atoms with van der Waals surface area (Å²) >= 11 is 5.74. The average molecular weight is 395 g/mol. The first-order valence-corrected chi connectivity index (χ1v) is 9.13. The van der Waals surface area contributed by atoms with Gasteiger partial charge < -0.3 is 0 Å². The van der Waals surface area contributed by atoms with Crippen LogP contribution in [0.2, 0.25) is 5.02 Å². The summed E-state index contributed by atoms with van der Waals surface area (Å²) in [5.74, 6) is -0.432. The van der Waals surface area contributed by atoms with Crippen molar-refractivity contribution in [2.24, 2.45) is 0 Å². The number of rotatable bonds is 6. The number of ketones is 1. The van der Waals surface area contributed by atoms with E-state index in [1.165, 1.54) is 68.7 Å². The molecule has 0 atom stereocenters. The van der Waals surface area contributed by atoms with E-state index < -0.39 is 20.7 Å². The molecule has 0 saturated carbocycles. The Hall–Kier alpha value is -2.55. The molecule has 0 aliphatic carbocycles. The van der Waals surface area contributed by atoms with E-state index in [2.05, 4.69) is 0 Å². The van der Waals surface area contributed by atoms with Gasteiger partial charge in [-0.05, 0) is 29.8 Å². The molecule has 136 valence electrons. The Morgan fingerprint density at radius 3 is 2.50 bits per heavy atom. The smallest absolute Gasteiger partial charge is 0.288 e. The summed E-state index contributed by atoms with van der Waals surface area (Å²) in [5.41, 5.74) is 0.347. The van der Waals surface area contributed by atoms with E-state index in [9.17, 15) is 23.3 Å². The van der Waals surface area contributed by atoms with Gasteiger partial charge in [0.05, 0.1) is 9.82 Å².